The van der Waals surface area contributed by atoms with Gasteiger partial charge in [-0.2, -0.15) is 0 Å². The summed E-state index contributed by atoms with van der Waals surface area (Å²) in [7, 11) is 0. The van der Waals surface area contributed by atoms with Crippen LogP contribution in [0.4, 0.5) is 10.1 Å². The molecule has 2 aromatic rings. The standard InChI is InChI=1S/C19H18FNO4/c20-14-5-7-15(8-6-14)21-19(23)3-1-2-16(22)13-4-9-17-18(12-13)25-11-10-24-17/h4-9,12H,1-3,10-11H2,(H,21,23). The minimum atomic E-state index is -0.358. The van der Waals surface area contributed by atoms with Crippen molar-refractivity contribution in [2.24, 2.45) is 0 Å². The maximum Gasteiger partial charge on any atom is 0.224 e. The average molecular weight is 343 g/mol. The Kier molecular flexibility index (Phi) is 5.28. The summed E-state index contributed by atoms with van der Waals surface area (Å²) in [4.78, 5) is 24.1. The summed E-state index contributed by atoms with van der Waals surface area (Å²) in [6.07, 6.45) is 0.907. The summed E-state index contributed by atoms with van der Waals surface area (Å²) in [6, 6.07) is 10.6. The number of rotatable bonds is 6. The molecule has 5 nitrogen and oxygen atoms in total. The van der Waals surface area contributed by atoms with Crippen molar-refractivity contribution in [3.8, 4) is 11.5 Å². The third-order valence-electron chi connectivity index (χ3n) is 3.80. The van der Waals surface area contributed by atoms with Gasteiger partial charge in [0, 0.05) is 24.1 Å². The Labute approximate surface area is 144 Å². The highest BCUT2D eigenvalue weighted by atomic mass is 19.1. The van der Waals surface area contributed by atoms with Crippen molar-refractivity contribution < 1.29 is 23.5 Å². The highest BCUT2D eigenvalue weighted by Gasteiger charge is 2.15. The van der Waals surface area contributed by atoms with E-state index >= 15 is 0 Å². The molecular weight excluding hydrogens is 325 g/mol. The van der Waals surface area contributed by atoms with E-state index in [1.165, 1.54) is 24.3 Å². The number of ketones is 1. The number of amides is 1. The van der Waals surface area contributed by atoms with Crippen LogP contribution in [0.15, 0.2) is 42.5 Å². The molecule has 0 saturated heterocycles. The first kappa shape index (κ1) is 17.0. The van der Waals surface area contributed by atoms with E-state index in [-0.39, 0.29) is 30.3 Å². The SMILES string of the molecule is O=C(CCCC(=O)c1ccc2c(c1)OCCO2)Nc1ccc(F)cc1. The Morgan fingerprint density at radius 1 is 0.960 bits per heavy atom. The monoisotopic (exact) mass is 343 g/mol. The van der Waals surface area contributed by atoms with Crippen molar-refractivity contribution in [3.63, 3.8) is 0 Å². The number of ether oxygens (including phenoxy) is 2. The Hall–Kier alpha value is -2.89. The van der Waals surface area contributed by atoms with Crippen LogP contribution in [0.1, 0.15) is 29.6 Å². The van der Waals surface area contributed by atoms with Crippen LogP contribution in [-0.4, -0.2) is 24.9 Å². The molecule has 0 unspecified atom stereocenters. The van der Waals surface area contributed by atoms with Crippen molar-refractivity contribution >= 4 is 17.4 Å². The molecule has 1 N–H and O–H groups in total. The van der Waals surface area contributed by atoms with Gasteiger partial charge in [-0.3, -0.25) is 9.59 Å². The lowest BCUT2D eigenvalue weighted by Gasteiger charge is -2.18. The quantitative estimate of drug-likeness (QED) is 0.814. The molecule has 25 heavy (non-hydrogen) atoms. The van der Waals surface area contributed by atoms with Gasteiger partial charge in [0.2, 0.25) is 5.91 Å². The van der Waals surface area contributed by atoms with E-state index in [4.69, 9.17) is 9.47 Å². The minimum absolute atomic E-state index is 0.0495. The van der Waals surface area contributed by atoms with Crippen LogP contribution >= 0.6 is 0 Å². The van der Waals surface area contributed by atoms with Gasteiger partial charge in [-0.1, -0.05) is 0 Å². The second-order valence-corrected chi connectivity index (χ2v) is 5.69. The molecule has 6 heteroatoms. The molecule has 1 aliphatic heterocycles. The normalized spacial score (nSPS) is 12.5. The van der Waals surface area contributed by atoms with Crippen molar-refractivity contribution in [1.29, 1.82) is 0 Å². The van der Waals surface area contributed by atoms with Crippen molar-refractivity contribution in [1.82, 2.24) is 0 Å². The van der Waals surface area contributed by atoms with Gasteiger partial charge in [-0.15, -0.1) is 0 Å². The maximum atomic E-state index is 12.8. The molecule has 130 valence electrons. The van der Waals surface area contributed by atoms with Crippen LogP contribution in [0.3, 0.4) is 0 Å². The van der Waals surface area contributed by atoms with E-state index in [1.807, 2.05) is 0 Å². The number of anilines is 1. The van der Waals surface area contributed by atoms with E-state index < -0.39 is 0 Å². The van der Waals surface area contributed by atoms with Gasteiger partial charge in [-0.05, 0) is 48.9 Å². The lowest BCUT2D eigenvalue weighted by atomic mass is 10.0. The Balaban J connectivity index is 1.47. The molecule has 0 aliphatic carbocycles. The molecule has 1 aliphatic rings. The highest BCUT2D eigenvalue weighted by Crippen LogP contribution is 2.31. The summed E-state index contributed by atoms with van der Waals surface area (Å²) in [5.41, 5.74) is 1.08. The topological polar surface area (TPSA) is 64.6 Å². The summed E-state index contributed by atoms with van der Waals surface area (Å²) in [5.74, 6) is 0.601. The fraction of sp³-hybridized carbons (Fsp3) is 0.263. The van der Waals surface area contributed by atoms with Gasteiger partial charge >= 0.3 is 0 Å². The Morgan fingerprint density at radius 2 is 1.68 bits per heavy atom. The first-order chi connectivity index (χ1) is 12.1. The number of carbonyl (C=O) groups excluding carboxylic acids is 2. The maximum absolute atomic E-state index is 12.8. The zero-order chi connectivity index (χ0) is 17.6. The largest absolute Gasteiger partial charge is 0.486 e. The van der Waals surface area contributed by atoms with Gasteiger partial charge in [0.05, 0.1) is 0 Å². The molecule has 0 atom stereocenters. The average Bonchev–Trinajstić information content (AvgIpc) is 2.63. The van der Waals surface area contributed by atoms with E-state index in [0.29, 0.717) is 42.4 Å². The first-order valence-electron chi connectivity index (χ1n) is 8.10. The van der Waals surface area contributed by atoms with Crippen molar-refractivity contribution in [2.75, 3.05) is 18.5 Å². The molecule has 0 fully saturated rings. The second kappa shape index (κ2) is 7.79. The minimum Gasteiger partial charge on any atom is -0.486 e. The molecule has 2 aromatic carbocycles. The molecule has 3 rings (SSSR count). The van der Waals surface area contributed by atoms with Crippen molar-refractivity contribution in [3.05, 3.63) is 53.8 Å². The lowest BCUT2D eigenvalue weighted by Crippen LogP contribution is -2.16. The molecule has 0 bridgehead atoms. The van der Waals surface area contributed by atoms with Gasteiger partial charge < -0.3 is 14.8 Å². The third-order valence-corrected chi connectivity index (χ3v) is 3.80. The number of carbonyl (C=O) groups is 2. The Morgan fingerprint density at radius 3 is 2.44 bits per heavy atom. The molecule has 1 amide bonds. The third kappa shape index (κ3) is 4.56. The van der Waals surface area contributed by atoms with Gasteiger partial charge in [0.25, 0.3) is 0 Å². The predicted octanol–water partition coefficient (Wildman–Crippen LogP) is 3.59. The van der Waals surface area contributed by atoms with E-state index in [2.05, 4.69) is 5.32 Å². The summed E-state index contributed by atoms with van der Waals surface area (Å²) in [6.45, 7) is 0.970. The Bertz CT molecular complexity index is 773. The van der Waals surface area contributed by atoms with E-state index in [9.17, 15) is 14.0 Å². The first-order valence-corrected chi connectivity index (χ1v) is 8.10. The van der Waals surface area contributed by atoms with Crippen molar-refractivity contribution in [2.45, 2.75) is 19.3 Å². The summed E-state index contributed by atoms with van der Waals surface area (Å²) < 4.78 is 23.7. The number of hydrogen-bond donors (Lipinski definition) is 1. The van der Waals surface area contributed by atoms with Crippen LogP contribution in [0, 0.1) is 5.82 Å². The van der Waals surface area contributed by atoms with E-state index in [0.717, 1.165) is 0 Å². The number of fused-ring (bicyclic) bond motifs is 1. The molecule has 0 spiro atoms. The van der Waals surface area contributed by atoms with Crippen LogP contribution in [0.25, 0.3) is 0 Å². The predicted molar refractivity (Wildman–Crippen MR) is 90.6 cm³/mol. The number of Topliss-reactive ketones (excluding diaryl/α,β-unsaturated/α-hetero) is 1. The van der Waals surface area contributed by atoms with Crippen LogP contribution < -0.4 is 14.8 Å². The fourth-order valence-electron chi connectivity index (χ4n) is 2.53. The molecule has 0 aromatic heterocycles. The van der Waals surface area contributed by atoms with Crippen LogP contribution in [0.2, 0.25) is 0 Å². The molecule has 0 radical (unpaired) electrons. The van der Waals surface area contributed by atoms with E-state index in [1.54, 1.807) is 18.2 Å². The number of halogens is 1. The number of benzene rings is 2. The van der Waals surface area contributed by atoms with Gasteiger partial charge in [0.1, 0.15) is 19.0 Å². The molecule has 0 saturated carbocycles. The highest BCUT2D eigenvalue weighted by molar-refractivity contribution is 5.97. The van der Waals surface area contributed by atoms with Crippen LogP contribution in [-0.2, 0) is 4.79 Å². The fourth-order valence-corrected chi connectivity index (χ4v) is 2.53. The zero-order valence-electron chi connectivity index (χ0n) is 13.6. The lowest BCUT2D eigenvalue weighted by molar-refractivity contribution is -0.116. The summed E-state index contributed by atoms with van der Waals surface area (Å²) >= 11 is 0. The van der Waals surface area contributed by atoms with Gasteiger partial charge in [0.15, 0.2) is 17.3 Å². The number of nitrogens with one attached hydrogen (secondary N) is 1. The van der Waals surface area contributed by atoms with Gasteiger partial charge in [-0.25, -0.2) is 4.39 Å². The second-order valence-electron chi connectivity index (χ2n) is 5.69. The summed E-state index contributed by atoms with van der Waals surface area (Å²) in [5, 5.41) is 2.67. The number of hydrogen-bond acceptors (Lipinski definition) is 4. The smallest absolute Gasteiger partial charge is 0.224 e. The van der Waals surface area contributed by atoms with Crippen LogP contribution in [0.5, 0.6) is 11.5 Å². The zero-order valence-corrected chi connectivity index (χ0v) is 13.6. The molecule has 1 heterocycles. The molecular formula is C19H18FNO4.